The van der Waals surface area contributed by atoms with Crippen molar-refractivity contribution in [1.82, 2.24) is 5.32 Å². The van der Waals surface area contributed by atoms with E-state index in [9.17, 15) is 9.59 Å². The molecule has 1 aromatic heterocycles. The summed E-state index contributed by atoms with van der Waals surface area (Å²) in [5.74, 6) is -0.291. The van der Waals surface area contributed by atoms with Gasteiger partial charge >= 0.3 is 5.97 Å². The fourth-order valence-corrected chi connectivity index (χ4v) is 4.05. The Kier molecular flexibility index (Phi) is 13.3. The number of thiophene rings is 1. The average molecular weight is 523 g/mol. The Labute approximate surface area is 213 Å². The monoisotopic (exact) mass is 522 g/mol. The first-order valence-electron chi connectivity index (χ1n) is 10.7. The zero-order chi connectivity index (χ0) is 25.7. The maximum atomic E-state index is 11.2. The molecule has 0 bridgehead atoms. The number of allylic oxidation sites excluding steroid dienone is 6. The molecule has 4 rings (SSSR count). The summed E-state index contributed by atoms with van der Waals surface area (Å²) in [6.07, 6.45) is 7.55. The summed E-state index contributed by atoms with van der Waals surface area (Å²) in [6, 6.07) is 7.46. The Hall–Kier alpha value is -2.60. The van der Waals surface area contributed by atoms with Crippen molar-refractivity contribution in [3.05, 3.63) is 81.1 Å². The van der Waals surface area contributed by atoms with Gasteiger partial charge in [-0.3, -0.25) is 4.79 Å². The summed E-state index contributed by atoms with van der Waals surface area (Å²) < 4.78 is 5.34. The SMILES string of the molecule is CC.CC1=CC=CC(P)C=C1Cl.CNC(=O)C1Nc2ccccc2O1.Cc1cscc1C(=O)O. The van der Waals surface area contributed by atoms with Gasteiger partial charge in [0.25, 0.3) is 5.91 Å². The van der Waals surface area contributed by atoms with E-state index < -0.39 is 12.2 Å². The predicted octanol–water partition coefficient (Wildman–Crippen LogP) is 6.21. The fraction of sp³-hybridized carbons (Fsp3) is 0.280. The minimum atomic E-state index is -0.839. The number of nitrogens with one attached hydrogen (secondary N) is 2. The molecule has 2 aromatic rings. The van der Waals surface area contributed by atoms with Crippen LogP contribution in [0.5, 0.6) is 5.75 Å². The van der Waals surface area contributed by atoms with Gasteiger partial charge in [-0.2, -0.15) is 11.3 Å². The lowest BCUT2D eigenvalue weighted by Gasteiger charge is -2.08. The zero-order valence-corrected chi connectivity index (χ0v) is 22.7. The van der Waals surface area contributed by atoms with Gasteiger partial charge in [0.1, 0.15) is 5.75 Å². The first kappa shape index (κ1) is 29.4. The molecule has 184 valence electrons. The number of carboxylic acid groups (broad SMARTS) is 1. The number of benzene rings is 1. The van der Waals surface area contributed by atoms with Crippen molar-refractivity contribution >= 4 is 49.7 Å². The number of fused-ring (bicyclic) bond motifs is 1. The molecule has 34 heavy (non-hydrogen) atoms. The summed E-state index contributed by atoms with van der Waals surface area (Å²) in [4.78, 5) is 21.5. The first-order chi connectivity index (χ1) is 16.2. The zero-order valence-electron chi connectivity index (χ0n) is 20.0. The van der Waals surface area contributed by atoms with Gasteiger partial charge in [0.05, 0.1) is 11.3 Å². The van der Waals surface area contributed by atoms with E-state index in [1.54, 1.807) is 19.4 Å². The number of likely N-dealkylation sites (N-methyl/N-ethyl adjacent to an activating group) is 1. The lowest BCUT2D eigenvalue weighted by molar-refractivity contribution is -0.125. The molecule has 1 amide bonds. The smallest absolute Gasteiger partial charge is 0.336 e. The Balaban J connectivity index is 0.000000251. The van der Waals surface area contributed by atoms with Gasteiger partial charge in [-0.15, -0.1) is 9.24 Å². The first-order valence-corrected chi connectivity index (χ1v) is 12.7. The number of ether oxygens (including phenoxy) is 1. The number of amides is 1. The maximum Gasteiger partial charge on any atom is 0.336 e. The van der Waals surface area contributed by atoms with E-state index in [1.807, 2.05) is 68.6 Å². The van der Waals surface area contributed by atoms with Crippen LogP contribution in [0.3, 0.4) is 0 Å². The number of carbonyl (C=O) groups excluding carboxylic acids is 1. The average Bonchev–Trinajstić information content (AvgIpc) is 3.43. The number of rotatable bonds is 2. The number of para-hydroxylation sites is 2. The van der Waals surface area contributed by atoms with Gasteiger partial charge in [-0.05, 0) is 42.5 Å². The number of carbonyl (C=O) groups is 2. The highest BCUT2D eigenvalue weighted by Crippen LogP contribution is 2.30. The lowest BCUT2D eigenvalue weighted by atomic mass is 10.2. The lowest BCUT2D eigenvalue weighted by Crippen LogP contribution is -2.38. The molecule has 0 fully saturated rings. The highest BCUT2D eigenvalue weighted by molar-refractivity contribution is 7.18. The largest absolute Gasteiger partial charge is 0.478 e. The highest BCUT2D eigenvalue weighted by atomic mass is 35.5. The number of halogens is 1. The summed E-state index contributed by atoms with van der Waals surface area (Å²) in [7, 11) is 4.28. The van der Waals surface area contributed by atoms with Crippen LogP contribution in [0.25, 0.3) is 0 Å². The van der Waals surface area contributed by atoms with Crippen LogP contribution in [0.4, 0.5) is 5.69 Å². The van der Waals surface area contributed by atoms with E-state index >= 15 is 0 Å². The molecular weight excluding hydrogens is 491 g/mol. The van der Waals surface area contributed by atoms with Crippen molar-refractivity contribution in [3.63, 3.8) is 0 Å². The molecule has 1 aromatic carbocycles. The second kappa shape index (κ2) is 15.3. The maximum absolute atomic E-state index is 11.2. The Morgan fingerprint density at radius 3 is 2.41 bits per heavy atom. The number of anilines is 1. The second-order valence-electron chi connectivity index (χ2n) is 6.85. The molecule has 0 radical (unpaired) electrons. The van der Waals surface area contributed by atoms with Crippen molar-refractivity contribution in [2.75, 3.05) is 12.4 Å². The number of aryl methyl sites for hydroxylation is 1. The number of hydrogen-bond acceptors (Lipinski definition) is 5. The number of aromatic carboxylic acids is 1. The Morgan fingerprint density at radius 2 is 1.88 bits per heavy atom. The molecule has 3 unspecified atom stereocenters. The summed E-state index contributed by atoms with van der Waals surface area (Å²) >= 11 is 7.32. The quantitative estimate of drug-likeness (QED) is 0.408. The van der Waals surface area contributed by atoms with Gasteiger partial charge in [0.2, 0.25) is 6.23 Å². The molecule has 3 atom stereocenters. The van der Waals surface area contributed by atoms with Crippen LogP contribution in [0.1, 0.15) is 36.7 Å². The molecule has 0 saturated heterocycles. The van der Waals surface area contributed by atoms with Gasteiger partial charge in [0.15, 0.2) is 0 Å². The van der Waals surface area contributed by atoms with Crippen LogP contribution in [-0.2, 0) is 4.79 Å². The van der Waals surface area contributed by atoms with Crippen LogP contribution < -0.4 is 15.4 Å². The van der Waals surface area contributed by atoms with Crippen LogP contribution in [0.2, 0.25) is 0 Å². The topological polar surface area (TPSA) is 87.7 Å². The Bertz CT molecular complexity index is 1020. The van der Waals surface area contributed by atoms with E-state index in [0.29, 0.717) is 11.2 Å². The van der Waals surface area contributed by atoms with Crippen molar-refractivity contribution < 1.29 is 19.4 Å². The van der Waals surface area contributed by atoms with Gasteiger partial charge < -0.3 is 20.5 Å². The summed E-state index contributed by atoms with van der Waals surface area (Å²) in [6.45, 7) is 7.80. The molecule has 1 aliphatic heterocycles. The normalized spacial score (nSPS) is 17.1. The third-order valence-corrected chi connectivity index (χ3v) is 6.08. The second-order valence-corrected chi connectivity index (χ2v) is 8.77. The minimum absolute atomic E-state index is 0.170. The standard InChI is InChI=1S/C9H10N2O2.C8H10ClP.C6H6O2S.C2H6/c1-10-8(12)9-11-6-4-2-3-5-7(6)13-9;1-6-3-2-4-7(10)5-8(6)9;1-4-2-9-3-5(4)6(7)8;1-2/h2-5,9,11H,1H3,(H,10,12);2-5,7H,10H2,1H3;2-3H,1H3,(H,7,8);1-2H3. The van der Waals surface area contributed by atoms with E-state index in [4.69, 9.17) is 21.4 Å². The van der Waals surface area contributed by atoms with Crippen LogP contribution in [-0.4, -0.2) is 35.9 Å². The molecule has 2 aliphatic rings. The molecule has 2 heterocycles. The van der Waals surface area contributed by atoms with Crippen LogP contribution in [0.15, 0.2) is 69.9 Å². The highest BCUT2D eigenvalue weighted by Gasteiger charge is 2.26. The predicted molar refractivity (Wildman–Crippen MR) is 146 cm³/mol. The van der Waals surface area contributed by atoms with Gasteiger partial charge in [-0.25, -0.2) is 4.79 Å². The fourth-order valence-electron chi connectivity index (χ4n) is 2.58. The molecule has 0 spiro atoms. The van der Waals surface area contributed by atoms with E-state index in [-0.39, 0.29) is 5.91 Å². The van der Waals surface area contributed by atoms with E-state index in [0.717, 1.165) is 27.6 Å². The van der Waals surface area contributed by atoms with E-state index in [2.05, 4.69) is 25.9 Å². The van der Waals surface area contributed by atoms with Gasteiger partial charge in [0, 0.05) is 23.1 Å². The molecule has 3 N–H and O–H groups in total. The molecule has 6 nitrogen and oxygen atoms in total. The van der Waals surface area contributed by atoms with Crippen molar-refractivity contribution in [2.45, 2.75) is 39.6 Å². The van der Waals surface area contributed by atoms with Crippen molar-refractivity contribution in [1.29, 1.82) is 0 Å². The Morgan fingerprint density at radius 1 is 1.21 bits per heavy atom. The van der Waals surface area contributed by atoms with Crippen LogP contribution in [0, 0.1) is 6.92 Å². The molecule has 1 aliphatic carbocycles. The molecular formula is C25H32ClN2O4PS. The van der Waals surface area contributed by atoms with E-state index in [1.165, 1.54) is 11.3 Å². The molecule has 9 heteroatoms. The molecule has 0 saturated carbocycles. The summed E-state index contributed by atoms with van der Waals surface area (Å²) in [5, 5.41) is 18.2. The third-order valence-electron chi connectivity index (χ3n) is 4.38. The number of carboxylic acids is 1. The van der Waals surface area contributed by atoms with Gasteiger partial charge in [-0.1, -0.05) is 61.9 Å². The van der Waals surface area contributed by atoms with Crippen LogP contribution >= 0.6 is 32.2 Å². The minimum Gasteiger partial charge on any atom is -0.478 e. The third kappa shape index (κ3) is 9.34. The van der Waals surface area contributed by atoms with Crippen molar-refractivity contribution in [3.8, 4) is 5.75 Å². The summed E-state index contributed by atoms with van der Waals surface area (Å²) in [5.41, 5.74) is 3.62. The number of hydrogen-bond donors (Lipinski definition) is 3. The van der Waals surface area contributed by atoms with Crippen molar-refractivity contribution in [2.24, 2.45) is 0 Å².